The molecule has 0 radical (unpaired) electrons. The smallest absolute Gasteiger partial charge is 0.149 e. The van der Waals surface area contributed by atoms with E-state index in [2.05, 4.69) is 104 Å². The number of ether oxygens (including phenoxy) is 2. The number of rotatable bonds is 5. The Kier molecular flexibility index (Phi) is 5.65. The van der Waals surface area contributed by atoms with Crippen LogP contribution in [0.2, 0.25) is 0 Å². The van der Waals surface area contributed by atoms with Crippen molar-refractivity contribution in [2.75, 3.05) is 0 Å². The first-order valence-corrected chi connectivity index (χ1v) is 12.5. The molecule has 0 saturated carbocycles. The maximum absolute atomic E-state index is 6.33. The monoisotopic (exact) mass is 462 g/mol. The van der Waals surface area contributed by atoms with Crippen LogP contribution in [0.1, 0.15) is 61.4 Å². The van der Waals surface area contributed by atoms with E-state index in [4.69, 9.17) is 9.47 Å². The summed E-state index contributed by atoms with van der Waals surface area (Å²) in [6, 6.07) is 33.9. The van der Waals surface area contributed by atoms with Gasteiger partial charge in [-0.25, -0.2) is 10.9 Å². The summed E-state index contributed by atoms with van der Waals surface area (Å²) in [4.78, 5) is 0. The Balaban J connectivity index is 1.28. The second-order valence-electron chi connectivity index (χ2n) is 9.32. The van der Waals surface area contributed by atoms with Gasteiger partial charge in [0.25, 0.3) is 0 Å². The van der Waals surface area contributed by atoms with E-state index in [0.29, 0.717) is 0 Å². The first-order valence-electron chi connectivity index (χ1n) is 12.5. The molecule has 0 bridgehead atoms. The van der Waals surface area contributed by atoms with Gasteiger partial charge in [0.1, 0.15) is 24.0 Å². The minimum Gasteiger partial charge on any atom is -0.457 e. The van der Waals surface area contributed by atoms with Crippen molar-refractivity contribution in [1.29, 1.82) is 0 Å². The minimum absolute atomic E-state index is 0.0418. The molecule has 6 rings (SSSR count). The van der Waals surface area contributed by atoms with Gasteiger partial charge in [0.2, 0.25) is 0 Å². The molecule has 4 heteroatoms. The van der Waals surface area contributed by atoms with Gasteiger partial charge in [-0.05, 0) is 53.3 Å². The number of nitrogens with one attached hydrogen (secondary N) is 2. The molecule has 2 aliphatic rings. The quantitative estimate of drug-likeness (QED) is 0.325. The number of hydrazine groups is 1. The molecule has 1 saturated heterocycles. The Bertz CT molecular complexity index is 1330. The molecule has 2 aliphatic heterocycles. The fourth-order valence-corrected chi connectivity index (χ4v) is 5.56. The molecule has 2 unspecified atom stereocenters. The second-order valence-corrected chi connectivity index (χ2v) is 9.32. The Morgan fingerprint density at radius 1 is 0.629 bits per heavy atom. The van der Waals surface area contributed by atoms with Gasteiger partial charge in [-0.15, -0.1) is 0 Å². The third-order valence-corrected chi connectivity index (χ3v) is 7.59. The summed E-state index contributed by atoms with van der Waals surface area (Å²) in [5.74, 6) is 1.95. The van der Waals surface area contributed by atoms with Crippen molar-refractivity contribution >= 4 is 0 Å². The molecule has 0 amide bonds. The van der Waals surface area contributed by atoms with Crippen molar-refractivity contribution in [1.82, 2.24) is 10.9 Å². The third-order valence-electron chi connectivity index (χ3n) is 7.59. The highest BCUT2D eigenvalue weighted by Gasteiger charge is 2.39. The molecule has 4 nitrogen and oxygen atoms in total. The van der Waals surface area contributed by atoms with Gasteiger partial charge < -0.3 is 9.47 Å². The van der Waals surface area contributed by atoms with Crippen LogP contribution in [0.25, 0.3) is 11.1 Å². The average molecular weight is 463 g/mol. The van der Waals surface area contributed by atoms with E-state index in [1.54, 1.807) is 0 Å². The zero-order valence-electron chi connectivity index (χ0n) is 20.1. The molecule has 4 aromatic rings. The molecule has 4 aromatic carbocycles. The Labute approximate surface area is 206 Å². The van der Waals surface area contributed by atoms with Gasteiger partial charge in [-0.2, -0.15) is 0 Å². The first kappa shape index (κ1) is 22.1. The Morgan fingerprint density at radius 3 is 1.94 bits per heavy atom. The van der Waals surface area contributed by atoms with Crippen LogP contribution >= 0.6 is 0 Å². The van der Waals surface area contributed by atoms with Gasteiger partial charge in [0, 0.05) is 16.5 Å². The lowest BCUT2D eigenvalue weighted by Crippen LogP contribution is -2.30. The molecular weight excluding hydrogens is 432 g/mol. The first-order chi connectivity index (χ1) is 17.2. The van der Waals surface area contributed by atoms with Crippen molar-refractivity contribution in [2.24, 2.45) is 0 Å². The summed E-state index contributed by atoms with van der Waals surface area (Å²) in [6.45, 7) is 4.56. The highest BCUT2D eigenvalue weighted by molar-refractivity contribution is 5.69. The van der Waals surface area contributed by atoms with Crippen LogP contribution in [-0.4, -0.2) is 0 Å². The van der Waals surface area contributed by atoms with Crippen molar-refractivity contribution in [2.45, 2.75) is 44.6 Å². The summed E-state index contributed by atoms with van der Waals surface area (Å²) in [6.07, 6.45) is 1.69. The number of hydrogen-bond donors (Lipinski definition) is 2. The van der Waals surface area contributed by atoms with Crippen molar-refractivity contribution in [3.05, 3.63) is 119 Å². The molecule has 2 N–H and O–H groups in total. The van der Waals surface area contributed by atoms with E-state index < -0.39 is 0 Å². The van der Waals surface area contributed by atoms with E-state index in [-0.39, 0.29) is 17.9 Å². The highest BCUT2D eigenvalue weighted by Crippen LogP contribution is 2.52. The van der Waals surface area contributed by atoms with E-state index in [0.717, 1.165) is 35.5 Å². The number of benzene rings is 4. The van der Waals surface area contributed by atoms with E-state index in [1.165, 1.54) is 22.3 Å². The maximum Gasteiger partial charge on any atom is 0.149 e. The predicted molar refractivity (Wildman–Crippen MR) is 139 cm³/mol. The molecule has 0 aliphatic carbocycles. The zero-order chi connectivity index (χ0) is 23.8. The molecule has 2 heterocycles. The lowest BCUT2D eigenvalue weighted by Gasteiger charge is -2.39. The zero-order valence-corrected chi connectivity index (χ0v) is 20.1. The van der Waals surface area contributed by atoms with Crippen LogP contribution in [0.5, 0.6) is 11.5 Å². The van der Waals surface area contributed by atoms with Crippen LogP contribution in [0.15, 0.2) is 97.1 Å². The van der Waals surface area contributed by atoms with Gasteiger partial charge in [-0.1, -0.05) is 92.7 Å². The lowest BCUT2D eigenvalue weighted by molar-refractivity contribution is 0.0341. The van der Waals surface area contributed by atoms with Gasteiger partial charge in [-0.3, -0.25) is 0 Å². The molecule has 1 fully saturated rings. The number of fused-ring (bicyclic) bond motifs is 2. The SMILES string of the molecule is CCC1(CC)c2ccccc2Oc2ccc(-c3ccc(C4NNC(c5ccccc5)O4)cc3)cc21. The van der Waals surface area contributed by atoms with Crippen LogP contribution in [0, 0.1) is 0 Å². The lowest BCUT2D eigenvalue weighted by atomic mass is 9.68. The van der Waals surface area contributed by atoms with Crippen LogP contribution in [-0.2, 0) is 10.2 Å². The normalized spacial score (nSPS) is 20.1. The maximum atomic E-state index is 6.33. The van der Waals surface area contributed by atoms with Gasteiger partial charge >= 0.3 is 0 Å². The van der Waals surface area contributed by atoms with Crippen LogP contribution in [0.3, 0.4) is 0 Å². The summed E-state index contributed by atoms with van der Waals surface area (Å²) < 4.78 is 12.5. The molecule has 0 spiro atoms. The molecule has 2 atom stereocenters. The second kappa shape index (κ2) is 8.97. The summed E-state index contributed by atoms with van der Waals surface area (Å²) in [5, 5.41) is 0. The van der Waals surface area contributed by atoms with E-state index >= 15 is 0 Å². The molecule has 0 aromatic heterocycles. The predicted octanol–water partition coefficient (Wildman–Crippen LogP) is 7.39. The molecule has 176 valence electrons. The van der Waals surface area contributed by atoms with Crippen LogP contribution < -0.4 is 15.6 Å². The van der Waals surface area contributed by atoms with Crippen molar-refractivity contribution < 1.29 is 9.47 Å². The summed E-state index contributed by atoms with van der Waals surface area (Å²) >= 11 is 0. The number of para-hydroxylation sites is 1. The molecule has 35 heavy (non-hydrogen) atoms. The van der Waals surface area contributed by atoms with Crippen molar-refractivity contribution in [3.8, 4) is 22.6 Å². The van der Waals surface area contributed by atoms with E-state index in [9.17, 15) is 0 Å². The minimum atomic E-state index is -0.199. The van der Waals surface area contributed by atoms with Crippen molar-refractivity contribution in [3.63, 3.8) is 0 Å². The number of hydrogen-bond acceptors (Lipinski definition) is 4. The molecular formula is C31H30N2O2. The van der Waals surface area contributed by atoms with Gasteiger partial charge in [0.05, 0.1) is 0 Å². The largest absolute Gasteiger partial charge is 0.457 e. The summed E-state index contributed by atoms with van der Waals surface area (Å²) in [5.41, 5.74) is 13.6. The Hall–Kier alpha value is -3.44. The van der Waals surface area contributed by atoms with Crippen LogP contribution in [0.4, 0.5) is 0 Å². The topological polar surface area (TPSA) is 42.5 Å². The fraction of sp³-hybridized carbons (Fsp3) is 0.226. The standard InChI is InChI=1S/C31H30N2O2/c1-3-31(4-2)25-12-8-9-13-27(25)34-28-19-18-24(20-26(28)31)21-14-16-23(17-15-21)30-33-32-29(35-30)22-10-6-5-7-11-22/h5-20,29-30,32-33H,3-4H2,1-2H3. The fourth-order valence-electron chi connectivity index (χ4n) is 5.56. The average Bonchev–Trinajstić information content (AvgIpc) is 3.43. The summed E-state index contributed by atoms with van der Waals surface area (Å²) in [7, 11) is 0. The third kappa shape index (κ3) is 3.75. The Morgan fingerprint density at radius 2 is 1.23 bits per heavy atom. The van der Waals surface area contributed by atoms with E-state index in [1.807, 2.05) is 18.2 Å². The van der Waals surface area contributed by atoms with Gasteiger partial charge in [0.15, 0.2) is 0 Å². The highest BCUT2D eigenvalue weighted by atomic mass is 16.5.